The lowest BCUT2D eigenvalue weighted by Gasteiger charge is -2.28. The Kier molecular flexibility index (Phi) is 4.21. The van der Waals surface area contributed by atoms with Gasteiger partial charge in [0.1, 0.15) is 6.10 Å². The van der Waals surface area contributed by atoms with Crippen LogP contribution in [0, 0.1) is 5.41 Å². The molecular formula is C13H18O3. The summed E-state index contributed by atoms with van der Waals surface area (Å²) < 4.78 is 5.34. The van der Waals surface area contributed by atoms with E-state index in [2.05, 4.69) is 0 Å². The van der Waals surface area contributed by atoms with Crippen molar-refractivity contribution in [2.24, 2.45) is 5.41 Å². The first-order valence-corrected chi connectivity index (χ1v) is 5.29. The molecule has 0 radical (unpaired) electrons. The summed E-state index contributed by atoms with van der Waals surface area (Å²) in [6, 6.07) is 9.13. The molecule has 1 rings (SSSR count). The molecular weight excluding hydrogens is 204 g/mol. The molecule has 3 nitrogen and oxygen atoms in total. The maximum Gasteiger partial charge on any atom is 0.160 e. The van der Waals surface area contributed by atoms with Gasteiger partial charge >= 0.3 is 0 Å². The minimum absolute atomic E-state index is 0.407. The first-order valence-electron chi connectivity index (χ1n) is 5.29. The Morgan fingerprint density at radius 1 is 1.25 bits per heavy atom. The first-order chi connectivity index (χ1) is 7.45. The van der Waals surface area contributed by atoms with E-state index in [0.717, 1.165) is 5.56 Å². The van der Waals surface area contributed by atoms with Gasteiger partial charge in [-0.25, -0.2) is 0 Å². The van der Waals surface area contributed by atoms with Crippen LogP contribution in [0.5, 0.6) is 0 Å². The molecule has 2 unspecified atom stereocenters. The van der Waals surface area contributed by atoms with Crippen molar-refractivity contribution in [2.75, 3.05) is 0 Å². The summed E-state index contributed by atoms with van der Waals surface area (Å²) in [6.07, 6.45) is -0.983. The van der Waals surface area contributed by atoms with E-state index in [1.165, 1.54) is 0 Å². The molecule has 0 bridgehead atoms. The molecule has 1 aromatic carbocycles. The number of rotatable bonds is 4. The maximum atomic E-state index is 10.9. The van der Waals surface area contributed by atoms with Crippen molar-refractivity contribution in [2.45, 2.75) is 33.2 Å². The van der Waals surface area contributed by atoms with Gasteiger partial charge in [-0.2, -0.15) is 0 Å². The number of carbonyl (C=O) groups excluding carboxylic acids is 1. The van der Waals surface area contributed by atoms with Gasteiger partial charge in [0.2, 0.25) is 0 Å². The van der Waals surface area contributed by atoms with Crippen molar-refractivity contribution in [1.29, 1.82) is 0 Å². The molecule has 0 aromatic heterocycles. The topological polar surface area (TPSA) is 46.5 Å². The van der Waals surface area contributed by atoms with Gasteiger partial charge in [0.05, 0.1) is 0 Å². The highest BCUT2D eigenvalue weighted by molar-refractivity contribution is 5.59. The Morgan fingerprint density at radius 3 is 2.25 bits per heavy atom. The second-order valence-corrected chi connectivity index (χ2v) is 4.82. The highest BCUT2D eigenvalue weighted by atomic mass is 16.6. The van der Waals surface area contributed by atoms with Crippen LogP contribution in [-0.2, 0) is 9.53 Å². The molecule has 0 heterocycles. The van der Waals surface area contributed by atoms with Crippen LogP contribution in [0.1, 0.15) is 32.4 Å². The lowest BCUT2D eigenvalue weighted by atomic mass is 9.96. The minimum atomic E-state index is -0.970. The fraction of sp³-hybridized carbons (Fsp3) is 0.462. The number of ether oxygens (including phenoxy) is 1. The summed E-state index contributed by atoms with van der Waals surface area (Å²) in [4.78, 5) is 10.9. The Morgan fingerprint density at radius 2 is 1.81 bits per heavy atom. The van der Waals surface area contributed by atoms with E-state index < -0.39 is 17.8 Å². The SMILES string of the molecule is CC(C)(C)C(O)OC(C=O)c1ccccc1. The number of aliphatic hydroxyl groups excluding tert-OH is 1. The zero-order chi connectivity index (χ0) is 12.2. The quantitative estimate of drug-likeness (QED) is 0.628. The normalized spacial score (nSPS) is 15.5. The number of hydrogen-bond donors (Lipinski definition) is 1. The molecule has 0 fully saturated rings. The standard InChI is InChI=1S/C13H18O3/c1-13(2,3)12(15)16-11(9-14)10-7-5-4-6-8-10/h4-9,11-12,15H,1-3H3. The van der Waals surface area contributed by atoms with Crippen LogP contribution in [0.4, 0.5) is 0 Å². The Bertz CT molecular complexity index is 327. The van der Waals surface area contributed by atoms with E-state index in [1.54, 1.807) is 12.1 Å². The largest absolute Gasteiger partial charge is 0.367 e. The molecule has 16 heavy (non-hydrogen) atoms. The van der Waals surface area contributed by atoms with Gasteiger partial charge < -0.3 is 14.6 Å². The molecule has 1 N–H and O–H groups in total. The van der Waals surface area contributed by atoms with Gasteiger partial charge in [0.15, 0.2) is 12.6 Å². The molecule has 3 heteroatoms. The second-order valence-electron chi connectivity index (χ2n) is 4.82. The fourth-order valence-corrected chi connectivity index (χ4v) is 1.17. The third kappa shape index (κ3) is 3.43. The lowest BCUT2D eigenvalue weighted by molar-refractivity contribution is -0.187. The molecule has 0 saturated carbocycles. The third-order valence-corrected chi connectivity index (χ3v) is 2.27. The average molecular weight is 222 g/mol. The van der Waals surface area contributed by atoms with Gasteiger partial charge in [-0.05, 0) is 5.56 Å². The molecule has 0 amide bonds. The average Bonchev–Trinajstić information content (AvgIpc) is 2.25. The fourth-order valence-electron chi connectivity index (χ4n) is 1.17. The number of hydrogen-bond acceptors (Lipinski definition) is 3. The molecule has 0 aliphatic heterocycles. The Labute approximate surface area is 96.1 Å². The summed E-state index contributed by atoms with van der Waals surface area (Å²) in [5.41, 5.74) is 0.344. The predicted molar refractivity (Wildman–Crippen MR) is 61.8 cm³/mol. The third-order valence-electron chi connectivity index (χ3n) is 2.27. The van der Waals surface area contributed by atoms with E-state index in [4.69, 9.17) is 4.74 Å². The number of aldehydes is 1. The summed E-state index contributed by atoms with van der Waals surface area (Å²) in [7, 11) is 0. The van der Waals surface area contributed by atoms with Crippen molar-refractivity contribution in [3.8, 4) is 0 Å². The van der Waals surface area contributed by atoms with Crippen molar-refractivity contribution in [3.05, 3.63) is 35.9 Å². The van der Waals surface area contributed by atoms with Crippen LogP contribution >= 0.6 is 0 Å². The number of aliphatic hydroxyl groups is 1. The molecule has 1 aromatic rings. The number of carbonyl (C=O) groups is 1. The highest BCUT2D eigenvalue weighted by Crippen LogP contribution is 2.25. The minimum Gasteiger partial charge on any atom is -0.367 e. The van der Waals surface area contributed by atoms with Crippen molar-refractivity contribution in [3.63, 3.8) is 0 Å². The summed E-state index contributed by atoms with van der Waals surface area (Å²) in [5.74, 6) is 0. The Balaban J connectivity index is 2.74. The maximum absolute atomic E-state index is 10.9. The van der Waals surface area contributed by atoms with Crippen molar-refractivity contribution < 1.29 is 14.6 Å². The molecule has 0 saturated heterocycles. The summed E-state index contributed by atoms with van der Waals surface area (Å²) in [6.45, 7) is 5.56. The second kappa shape index (κ2) is 5.23. The van der Waals surface area contributed by atoms with Crippen LogP contribution < -0.4 is 0 Å². The molecule has 0 aliphatic rings. The zero-order valence-electron chi connectivity index (χ0n) is 9.88. The van der Waals surface area contributed by atoms with Crippen LogP contribution in [-0.4, -0.2) is 17.7 Å². The van der Waals surface area contributed by atoms with E-state index >= 15 is 0 Å². The highest BCUT2D eigenvalue weighted by Gasteiger charge is 2.26. The van der Waals surface area contributed by atoms with E-state index in [9.17, 15) is 9.90 Å². The molecule has 0 aliphatic carbocycles. The van der Waals surface area contributed by atoms with Gasteiger partial charge in [-0.3, -0.25) is 0 Å². The smallest absolute Gasteiger partial charge is 0.160 e. The van der Waals surface area contributed by atoms with Gasteiger partial charge in [-0.1, -0.05) is 51.1 Å². The van der Waals surface area contributed by atoms with Crippen LogP contribution in [0.3, 0.4) is 0 Å². The monoisotopic (exact) mass is 222 g/mol. The van der Waals surface area contributed by atoms with Gasteiger partial charge in [0, 0.05) is 5.41 Å². The van der Waals surface area contributed by atoms with E-state index in [-0.39, 0.29) is 0 Å². The number of benzene rings is 1. The van der Waals surface area contributed by atoms with Gasteiger partial charge in [-0.15, -0.1) is 0 Å². The van der Waals surface area contributed by atoms with Crippen LogP contribution in [0.2, 0.25) is 0 Å². The molecule has 2 atom stereocenters. The Hall–Kier alpha value is -1.19. The van der Waals surface area contributed by atoms with Crippen molar-refractivity contribution >= 4 is 6.29 Å². The first kappa shape index (κ1) is 12.9. The summed E-state index contributed by atoms with van der Waals surface area (Å²) >= 11 is 0. The van der Waals surface area contributed by atoms with Crippen LogP contribution in [0.25, 0.3) is 0 Å². The molecule has 0 spiro atoms. The summed E-state index contributed by atoms with van der Waals surface area (Å²) in [5, 5.41) is 9.77. The molecule has 88 valence electrons. The predicted octanol–water partition coefficient (Wildman–Crippen LogP) is 2.31. The lowest BCUT2D eigenvalue weighted by Crippen LogP contribution is -2.30. The van der Waals surface area contributed by atoms with E-state index in [1.807, 2.05) is 39.0 Å². The van der Waals surface area contributed by atoms with E-state index in [0.29, 0.717) is 6.29 Å². The zero-order valence-corrected chi connectivity index (χ0v) is 9.88. The van der Waals surface area contributed by atoms with Crippen LogP contribution in [0.15, 0.2) is 30.3 Å². The van der Waals surface area contributed by atoms with Gasteiger partial charge in [0.25, 0.3) is 0 Å². The van der Waals surface area contributed by atoms with Crippen molar-refractivity contribution in [1.82, 2.24) is 0 Å².